The van der Waals surface area contributed by atoms with Crippen LogP contribution in [0.2, 0.25) is 0 Å². The maximum absolute atomic E-state index is 15.7. The molecule has 2 aromatic heterocycles. The molecule has 5 heterocycles. The van der Waals surface area contributed by atoms with E-state index in [9.17, 15) is 14.0 Å². The summed E-state index contributed by atoms with van der Waals surface area (Å²) in [5.41, 5.74) is 2.32. The molecule has 0 spiro atoms. The van der Waals surface area contributed by atoms with E-state index < -0.39 is 35.7 Å². The number of carbonyl (C=O) groups excluding carboxylic acids is 2. The van der Waals surface area contributed by atoms with Crippen molar-refractivity contribution in [1.82, 2.24) is 24.3 Å². The maximum atomic E-state index is 15.7. The summed E-state index contributed by atoms with van der Waals surface area (Å²) >= 11 is 1.21. The van der Waals surface area contributed by atoms with Crippen LogP contribution in [0, 0.1) is 11.6 Å². The van der Waals surface area contributed by atoms with Crippen molar-refractivity contribution < 1.29 is 22.8 Å². The van der Waals surface area contributed by atoms with E-state index in [4.69, 9.17) is 0 Å². The number of nitrogens with zero attached hydrogens (tertiary/aromatic N) is 6. The number of rotatable bonds is 7. The molecule has 4 aliphatic rings. The fourth-order valence-corrected chi connectivity index (χ4v) is 7.39. The van der Waals surface area contributed by atoms with Crippen molar-refractivity contribution in [3.8, 4) is 11.1 Å². The maximum Gasteiger partial charge on any atom is 0.255 e. The molecule has 1 N–H and O–H groups in total. The Morgan fingerprint density at radius 2 is 1.82 bits per heavy atom. The first-order chi connectivity index (χ1) is 21.8. The Kier molecular flexibility index (Phi) is 6.90. The monoisotopic (exact) mass is 633 g/mol. The van der Waals surface area contributed by atoms with Crippen LogP contribution in [0.4, 0.5) is 24.0 Å². The first-order valence-electron chi connectivity index (χ1n) is 15.1. The van der Waals surface area contributed by atoms with E-state index in [2.05, 4.69) is 20.2 Å². The number of thiazole rings is 1. The first-order valence-corrected chi connectivity index (χ1v) is 16.0. The third-order valence-electron chi connectivity index (χ3n) is 9.28. The first kappa shape index (κ1) is 28.3. The summed E-state index contributed by atoms with van der Waals surface area (Å²) in [4.78, 5) is 41.9. The van der Waals surface area contributed by atoms with Crippen LogP contribution in [0.5, 0.6) is 0 Å². The normalized spacial score (nSPS) is 20.4. The zero-order valence-electron chi connectivity index (χ0n) is 24.3. The molecule has 0 bridgehead atoms. The predicted octanol–water partition coefficient (Wildman–Crippen LogP) is 4.80. The molecule has 2 fully saturated rings. The number of hydrogen-bond acceptors (Lipinski definition) is 7. The van der Waals surface area contributed by atoms with Crippen molar-refractivity contribution in [3.05, 3.63) is 82.4 Å². The molecular formula is C32H30F3N7O2S. The summed E-state index contributed by atoms with van der Waals surface area (Å²) in [6.45, 7) is 3.23. The highest BCUT2D eigenvalue weighted by molar-refractivity contribution is 7.13. The highest BCUT2D eigenvalue weighted by atomic mass is 32.1. The molecule has 1 aliphatic carbocycles. The number of benzene rings is 2. The summed E-state index contributed by atoms with van der Waals surface area (Å²) in [7, 11) is 0. The Bertz CT molecular complexity index is 1800. The largest absolute Gasteiger partial charge is 0.367 e. The van der Waals surface area contributed by atoms with Gasteiger partial charge in [0.1, 0.15) is 17.8 Å². The number of nitrogens with one attached hydrogen (secondary N) is 1. The van der Waals surface area contributed by atoms with Crippen LogP contribution in [-0.4, -0.2) is 74.5 Å². The minimum Gasteiger partial charge on any atom is -0.367 e. The van der Waals surface area contributed by atoms with Gasteiger partial charge in [0.25, 0.3) is 11.8 Å². The summed E-state index contributed by atoms with van der Waals surface area (Å²) in [6.07, 6.45) is 4.41. The van der Waals surface area contributed by atoms with Gasteiger partial charge in [-0.05, 0) is 48.2 Å². The fraction of sp³-hybridized carbons (Fsp3) is 0.375. The molecule has 2 amide bonds. The summed E-state index contributed by atoms with van der Waals surface area (Å²) in [5, 5.41) is 4.76. The van der Waals surface area contributed by atoms with Crippen LogP contribution < -0.4 is 10.2 Å². The minimum atomic E-state index is -1.24. The smallest absolute Gasteiger partial charge is 0.255 e. The van der Waals surface area contributed by atoms with Gasteiger partial charge in [-0.3, -0.25) is 19.8 Å². The SMILES string of the molecule is O=C(Nc1nccs1)C(c1ncn2c1C[C@@H](F)C2)N1Cc2c(F)cc(-c3ccc(N4CCN(C5CC5)CC4)c(F)c3)cc2C1=O. The molecule has 3 aliphatic heterocycles. The second kappa shape index (κ2) is 11.0. The van der Waals surface area contributed by atoms with Crippen LogP contribution >= 0.6 is 11.3 Å². The number of aromatic nitrogens is 3. The zero-order chi connectivity index (χ0) is 30.8. The molecule has 0 radical (unpaired) electrons. The average molecular weight is 634 g/mol. The van der Waals surface area contributed by atoms with Crippen molar-refractivity contribution >= 4 is 34.0 Å². The Labute approximate surface area is 261 Å². The Morgan fingerprint density at radius 1 is 1.02 bits per heavy atom. The van der Waals surface area contributed by atoms with Gasteiger partial charge in [-0.1, -0.05) is 6.07 Å². The van der Waals surface area contributed by atoms with E-state index in [0.717, 1.165) is 26.2 Å². The Morgan fingerprint density at radius 3 is 2.56 bits per heavy atom. The summed E-state index contributed by atoms with van der Waals surface area (Å²) < 4.78 is 47.1. The molecule has 9 nitrogen and oxygen atoms in total. The molecule has 45 heavy (non-hydrogen) atoms. The molecule has 8 rings (SSSR count). The number of piperazine rings is 1. The molecule has 1 saturated carbocycles. The van der Waals surface area contributed by atoms with E-state index in [1.165, 1.54) is 53.7 Å². The number of carbonyl (C=O) groups is 2. The summed E-state index contributed by atoms with van der Waals surface area (Å²) in [6, 6.07) is 7.13. The molecular weight excluding hydrogens is 603 g/mol. The van der Waals surface area contributed by atoms with E-state index in [-0.39, 0.29) is 36.3 Å². The molecule has 232 valence electrons. The molecule has 1 saturated heterocycles. The number of anilines is 2. The second-order valence-corrected chi connectivity index (χ2v) is 13.0. The number of amides is 2. The topological polar surface area (TPSA) is 86.6 Å². The van der Waals surface area contributed by atoms with Gasteiger partial charge in [0, 0.05) is 67.0 Å². The lowest BCUT2D eigenvalue weighted by Gasteiger charge is -2.36. The van der Waals surface area contributed by atoms with Gasteiger partial charge >= 0.3 is 0 Å². The quantitative estimate of drug-likeness (QED) is 0.315. The van der Waals surface area contributed by atoms with Gasteiger partial charge in [0.05, 0.1) is 30.8 Å². The molecule has 13 heteroatoms. The van der Waals surface area contributed by atoms with Crippen molar-refractivity contribution in [2.45, 2.75) is 50.6 Å². The van der Waals surface area contributed by atoms with E-state index in [1.807, 2.05) is 4.90 Å². The van der Waals surface area contributed by atoms with Crippen molar-refractivity contribution in [2.75, 3.05) is 36.4 Å². The van der Waals surface area contributed by atoms with Gasteiger partial charge < -0.3 is 14.4 Å². The molecule has 1 unspecified atom stereocenters. The van der Waals surface area contributed by atoms with E-state index in [0.29, 0.717) is 33.7 Å². The highest BCUT2D eigenvalue weighted by Gasteiger charge is 2.43. The second-order valence-electron chi connectivity index (χ2n) is 12.1. The number of hydrogen-bond donors (Lipinski definition) is 1. The van der Waals surface area contributed by atoms with E-state index in [1.54, 1.807) is 28.1 Å². The third kappa shape index (κ3) is 5.07. The molecule has 2 aromatic carbocycles. The van der Waals surface area contributed by atoms with Crippen LogP contribution in [0.15, 0.2) is 48.2 Å². The molecule has 2 atom stereocenters. The minimum absolute atomic E-state index is 0.0572. The van der Waals surface area contributed by atoms with Crippen molar-refractivity contribution in [1.29, 1.82) is 0 Å². The Balaban J connectivity index is 1.08. The zero-order valence-corrected chi connectivity index (χ0v) is 25.1. The average Bonchev–Trinajstić information content (AvgIpc) is 3.26. The number of alkyl halides is 1. The fourth-order valence-electron chi connectivity index (χ4n) is 6.86. The van der Waals surface area contributed by atoms with Gasteiger partial charge in [-0.2, -0.15) is 0 Å². The number of imidazole rings is 1. The van der Waals surface area contributed by atoms with Crippen LogP contribution in [-0.2, 0) is 24.3 Å². The lowest BCUT2D eigenvalue weighted by atomic mass is 9.99. The van der Waals surface area contributed by atoms with Gasteiger partial charge in [-0.15, -0.1) is 11.3 Å². The lowest BCUT2D eigenvalue weighted by molar-refractivity contribution is -0.121. The van der Waals surface area contributed by atoms with Gasteiger partial charge in [0.2, 0.25) is 0 Å². The lowest BCUT2D eigenvalue weighted by Crippen LogP contribution is -2.47. The predicted molar refractivity (Wildman–Crippen MR) is 163 cm³/mol. The van der Waals surface area contributed by atoms with Crippen LogP contribution in [0.1, 0.15) is 46.2 Å². The standard InChI is InChI=1S/C32H30F3N7O2S/c33-20-14-27-28(37-17-41(27)15-20)29(30(43)38-32-36-5-10-45-32)42-16-23-22(31(42)44)11-19(13-24(23)34)18-1-4-26(25(35)12-18)40-8-6-39(7-9-40)21-2-3-21/h1,4-5,10-13,17,20-21,29H,2-3,6-9,14-16H2,(H,36,38,43)/t20-,29?/m1/s1. The number of halogens is 3. The third-order valence-corrected chi connectivity index (χ3v) is 9.97. The number of fused-ring (bicyclic) bond motifs is 2. The van der Waals surface area contributed by atoms with Gasteiger partial charge in [-0.25, -0.2) is 23.1 Å². The van der Waals surface area contributed by atoms with Crippen LogP contribution in [0.25, 0.3) is 11.1 Å². The molecule has 4 aromatic rings. The Hall–Kier alpha value is -4.23. The van der Waals surface area contributed by atoms with Gasteiger partial charge in [0.15, 0.2) is 11.2 Å². The van der Waals surface area contributed by atoms with Crippen LogP contribution in [0.3, 0.4) is 0 Å². The van der Waals surface area contributed by atoms with E-state index >= 15 is 8.78 Å². The van der Waals surface area contributed by atoms with Crippen molar-refractivity contribution in [3.63, 3.8) is 0 Å². The van der Waals surface area contributed by atoms with Crippen molar-refractivity contribution in [2.24, 2.45) is 0 Å². The highest BCUT2D eigenvalue weighted by Crippen LogP contribution is 2.39. The summed E-state index contributed by atoms with van der Waals surface area (Å²) in [5.74, 6) is -2.17.